The van der Waals surface area contributed by atoms with Crippen molar-refractivity contribution in [3.05, 3.63) is 87.6 Å². The molecule has 194 valence electrons. The van der Waals surface area contributed by atoms with Crippen LogP contribution in [0.1, 0.15) is 47.3 Å². The molecule has 0 aliphatic heterocycles. The maximum Gasteiger partial charge on any atom is 0.387 e. The van der Waals surface area contributed by atoms with Crippen molar-refractivity contribution in [2.75, 3.05) is 0 Å². The molecule has 2 aromatic carbocycles. The van der Waals surface area contributed by atoms with Gasteiger partial charge >= 0.3 is 12.6 Å². The lowest BCUT2D eigenvalue weighted by atomic mass is 9.88. The van der Waals surface area contributed by atoms with Crippen molar-refractivity contribution in [2.24, 2.45) is 11.8 Å². The lowest BCUT2D eigenvalue weighted by Crippen LogP contribution is -2.36. The number of nitrogens with zero attached hydrogens (tertiary/aromatic N) is 1. The van der Waals surface area contributed by atoms with E-state index in [1.165, 1.54) is 24.3 Å². The molecule has 0 bridgehead atoms. The first-order valence-electron chi connectivity index (χ1n) is 11.6. The maximum atomic E-state index is 14.8. The number of hydrogen-bond acceptors (Lipinski definition) is 4. The van der Waals surface area contributed by atoms with Crippen molar-refractivity contribution in [3.63, 3.8) is 0 Å². The van der Waals surface area contributed by atoms with Gasteiger partial charge in [0.05, 0.1) is 21.7 Å². The summed E-state index contributed by atoms with van der Waals surface area (Å²) in [7, 11) is 0. The second kappa shape index (κ2) is 10.8. The predicted octanol–water partition coefficient (Wildman–Crippen LogP) is 6.02. The van der Waals surface area contributed by atoms with E-state index in [4.69, 9.17) is 16.7 Å². The van der Waals surface area contributed by atoms with Gasteiger partial charge in [-0.05, 0) is 60.6 Å². The van der Waals surface area contributed by atoms with Crippen molar-refractivity contribution >= 4 is 23.4 Å². The molecule has 10 heteroatoms. The molecule has 1 N–H and O–H groups in total. The van der Waals surface area contributed by atoms with Crippen molar-refractivity contribution in [1.29, 1.82) is 0 Å². The fourth-order valence-electron chi connectivity index (χ4n) is 4.44. The number of benzene rings is 2. The minimum absolute atomic E-state index is 0.0112. The largest absolute Gasteiger partial charge is 0.618 e. The van der Waals surface area contributed by atoms with Crippen LogP contribution in [0, 0.1) is 22.9 Å². The first kappa shape index (κ1) is 26.5. The van der Waals surface area contributed by atoms with Crippen molar-refractivity contribution in [2.45, 2.75) is 38.7 Å². The van der Waals surface area contributed by atoms with Gasteiger partial charge in [-0.25, -0.2) is 9.18 Å². The van der Waals surface area contributed by atoms with Gasteiger partial charge in [0.2, 0.25) is 5.69 Å². The highest BCUT2D eigenvalue weighted by Gasteiger charge is 2.39. The van der Waals surface area contributed by atoms with E-state index in [2.05, 4.69) is 11.7 Å². The van der Waals surface area contributed by atoms with Crippen LogP contribution in [0.2, 0.25) is 5.02 Å². The Balaban J connectivity index is 1.66. The van der Waals surface area contributed by atoms with Gasteiger partial charge in [0.25, 0.3) is 0 Å². The first-order valence-corrected chi connectivity index (χ1v) is 11.9. The lowest BCUT2D eigenvalue weighted by molar-refractivity contribution is -0.614. The quantitative estimate of drug-likeness (QED) is 0.254. The van der Waals surface area contributed by atoms with Crippen molar-refractivity contribution in [3.8, 4) is 16.9 Å². The molecule has 0 saturated heterocycles. The number of ketones is 1. The highest BCUT2D eigenvalue weighted by atomic mass is 35.5. The molecule has 1 fully saturated rings. The highest BCUT2D eigenvalue weighted by molar-refractivity contribution is 6.31. The average Bonchev–Trinajstić information content (AvgIpc) is 3.54. The zero-order chi connectivity index (χ0) is 26.9. The molecule has 0 amide bonds. The fourth-order valence-corrected chi connectivity index (χ4v) is 4.60. The van der Waals surface area contributed by atoms with Crippen LogP contribution in [-0.2, 0) is 11.2 Å². The molecular formula is C27H23ClF3NO5. The SMILES string of the molecule is CC1CC1C[C@H](C(=O)Cc1ccc(C(=O)O)cc1)c1ccc(-c2c(OC(F)F)ccc(Cl)c2F)c[n+]1[O-]. The smallest absolute Gasteiger partial charge is 0.387 e. The molecule has 1 heterocycles. The summed E-state index contributed by atoms with van der Waals surface area (Å²) in [5.74, 6) is -2.88. The maximum absolute atomic E-state index is 14.8. The van der Waals surface area contributed by atoms with Gasteiger partial charge in [-0.1, -0.05) is 30.7 Å². The summed E-state index contributed by atoms with van der Waals surface area (Å²) < 4.78 is 45.4. The monoisotopic (exact) mass is 533 g/mol. The van der Waals surface area contributed by atoms with Crippen LogP contribution in [0.3, 0.4) is 0 Å². The number of Topliss-reactive ketones (excluding diaryl/α,β-unsaturated/α-hetero) is 1. The third-order valence-electron chi connectivity index (χ3n) is 6.65. The number of alkyl halides is 2. The number of carbonyl (C=O) groups is 2. The van der Waals surface area contributed by atoms with Gasteiger partial charge in [0.1, 0.15) is 11.7 Å². The fraction of sp³-hybridized carbons (Fsp3) is 0.296. The summed E-state index contributed by atoms with van der Waals surface area (Å²) in [6.45, 7) is -1.16. The molecular weight excluding hydrogens is 511 g/mol. The van der Waals surface area contributed by atoms with Gasteiger partial charge in [0, 0.05) is 12.5 Å². The number of carbonyl (C=O) groups excluding carboxylic acids is 1. The summed E-state index contributed by atoms with van der Waals surface area (Å²) in [4.78, 5) is 24.4. The molecule has 1 aliphatic carbocycles. The number of carboxylic acids is 1. The predicted molar refractivity (Wildman–Crippen MR) is 129 cm³/mol. The van der Waals surface area contributed by atoms with E-state index in [0.29, 0.717) is 22.6 Å². The van der Waals surface area contributed by atoms with E-state index in [-0.39, 0.29) is 45.5 Å². The van der Waals surface area contributed by atoms with Gasteiger partial charge in [0.15, 0.2) is 17.8 Å². The molecule has 3 aromatic rings. The molecule has 4 rings (SSSR count). The zero-order valence-electron chi connectivity index (χ0n) is 19.7. The van der Waals surface area contributed by atoms with Crippen LogP contribution < -0.4 is 9.47 Å². The lowest BCUT2D eigenvalue weighted by Gasteiger charge is -2.17. The zero-order valence-corrected chi connectivity index (χ0v) is 20.4. The Morgan fingerprint density at radius 1 is 1.16 bits per heavy atom. The number of rotatable bonds is 10. The van der Waals surface area contributed by atoms with E-state index in [9.17, 15) is 28.0 Å². The van der Waals surface area contributed by atoms with Crippen molar-refractivity contribution in [1.82, 2.24) is 0 Å². The molecule has 1 aromatic heterocycles. The molecule has 37 heavy (non-hydrogen) atoms. The Hall–Kier alpha value is -3.59. The minimum atomic E-state index is -3.22. The molecule has 0 spiro atoms. The van der Waals surface area contributed by atoms with Crippen LogP contribution in [0.4, 0.5) is 13.2 Å². The topological polar surface area (TPSA) is 90.5 Å². The summed E-state index contributed by atoms with van der Waals surface area (Å²) in [5, 5.41) is 21.8. The number of ether oxygens (including phenoxy) is 1. The van der Waals surface area contributed by atoms with E-state index in [1.54, 1.807) is 12.1 Å². The minimum Gasteiger partial charge on any atom is -0.618 e. The van der Waals surface area contributed by atoms with E-state index < -0.39 is 30.1 Å². The second-order valence-corrected chi connectivity index (χ2v) is 9.60. The Labute approximate surface area is 215 Å². The molecule has 1 aliphatic rings. The average molecular weight is 534 g/mol. The third kappa shape index (κ3) is 6.05. The number of hydrogen-bond donors (Lipinski definition) is 1. The summed E-state index contributed by atoms with van der Waals surface area (Å²) in [5.41, 5.74) is 0.420. The number of aromatic nitrogens is 1. The van der Waals surface area contributed by atoms with E-state index >= 15 is 0 Å². The van der Waals surface area contributed by atoms with Crippen LogP contribution in [0.25, 0.3) is 11.1 Å². The van der Waals surface area contributed by atoms with Gasteiger partial charge in [-0.15, -0.1) is 0 Å². The normalized spacial score (nSPS) is 17.5. The van der Waals surface area contributed by atoms with Gasteiger partial charge in [-0.2, -0.15) is 13.5 Å². The van der Waals surface area contributed by atoms with Gasteiger partial charge < -0.3 is 15.1 Å². The Kier molecular flexibility index (Phi) is 7.73. The molecule has 0 radical (unpaired) electrons. The highest BCUT2D eigenvalue weighted by Crippen LogP contribution is 2.45. The Morgan fingerprint density at radius 2 is 1.84 bits per heavy atom. The van der Waals surface area contributed by atoms with E-state index in [1.807, 2.05) is 0 Å². The Morgan fingerprint density at radius 3 is 2.41 bits per heavy atom. The number of aromatic carboxylic acids is 1. The third-order valence-corrected chi connectivity index (χ3v) is 6.94. The molecule has 2 unspecified atom stereocenters. The van der Waals surface area contributed by atoms with Crippen LogP contribution >= 0.6 is 11.6 Å². The summed E-state index contributed by atoms with van der Waals surface area (Å²) in [6, 6.07) is 10.8. The summed E-state index contributed by atoms with van der Waals surface area (Å²) >= 11 is 5.84. The molecule has 3 atom stereocenters. The first-order chi connectivity index (χ1) is 17.5. The van der Waals surface area contributed by atoms with Crippen LogP contribution in [-0.4, -0.2) is 23.5 Å². The number of carboxylic acid groups (broad SMARTS) is 1. The number of halogens is 4. The molecule has 1 saturated carbocycles. The van der Waals surface area contributed by atoms with Crippen LogP contribution in [0.5, 0.6) is 5.75 Å². The molecule has 6 nitrogen and oxygen atoms in total. The standard InChI is InChI=1S/C27H23ClF3NO5/c1-14-10-18(14)12-19(22(33)11-15-2-4-16(5-3-15)26(34)35)21-8-6-17(13-32(21)36)24-23(37-27(30)31)9-7-20(28)25(24)29/h2-9,13-14,18-19,27H,10-12H2,1H3,(H,34,35)/t14?,18?,19-/m0/s1. The Bertz CT molecular complexity index is 1330. The van der Waals surface area contributed by atoms with Crippen LogP contribution in [0.15, 0.2) is 54.7 Å². The van der Waals surface area contributed by atoms with E-state index in [0.717, 1.165) is 24.8 Å². The summed E-state index contributed by atoms with van der Waals surface area (Å²) in [6.07, 6.45) is 2.37. The van der Waals surface area contributed by atoms with Gasteiger partial charge in [-0.3, -0.25) is 4.79 Å². The second-order valence-electron chi connectivity index (χ2n) is 9.19. The number of pyridine rings is 1. The van der Waals surface area contributed by atoms with Crippen molar-refractivity contribution < 1.29 is 37.3 Å².